The number of nitrogens with zero attached hydrogens (tertiary/aromatic N) is 3. The van der Waals surface area contributed by atoms with E-state index in [0.717, 1.165) is 58.1 Å². The van der Waals surface area contributed by atoms with E-state index >= 15 is 0 Å². The van der Waals surface area contributed by atoms with Gasteiger partial charge in [0, 0.05) is 28.7 Å². The summed E-state index contributed by atoms with van der Waals surface area (Å²) in [6.07, 6.45) is 3.32. The van der Waals surface area contributed by atoms with Crippen molar-refractivity contribution < 1.29 is 0 Å². The van der Waals surface area contributed by atoms with Gasteiger partial charge in [-0.2, -0.15) is 0 Å². The second-order valence-corrected chi connectivity index (χ2v) is 7.19. The normalized spacial score (nSPS) is 11.8. The highest BCUT2D eigenvalue weighted by Gasteiger charge is 2.21. The molecule has 3 heterocycles. The van der Waals surface area contributed by atoms with Crippen molar-refractivity contribution in [3.05, 3.63) is 58.8 Å². The lowest BCUT2D eigenvalue weighted by molar-refractivity contribution is 0.647. The largest absolute Gasteiger partial charge is 0.345 e. The van der Waals surface area contributed by atoms with Gasteiger partial charge in [-0.1, -0.05) is 25.1 Å². The monoisotopic (exact) mass is 386 g/mol. The molecule has 0 bridgehead atoms. The van der Waals surface area contributed by atoms with E-state index in [2.05, 4.69) is 38.6 Å². The fourth-order valence-electron chi connectivity index (χ4n) is 4.18. The third-order valence-corrected chi connectivity index (χ3v) is 5.47. The first-order valence-electron chi connectivity index (χ1n) is 9.89. The number of hydrogen-bond donors (Lipinski definition) is 3. The second-order valence-electron chi connectivity index (χ2n) is 7.19. The van der Waals surface area contributed by atoms with E-state index < -0.39 is 0 Å². The molecule has 0 amide bonds. The SMILES string of the molecule is CCc1c(-c2nc3cc4[nH]cnc4cc3[nH]c2=O)c2ccccc2n1CCCN. The zero-order chi connectivity index (χ0) is 20.0. The van der Waals surface area contributed by atoms with Crippen LogP contribution < -0.4 is 11.3 Å². The highest BCUT2D eigenvalue weighted by Crippen LogP contribution is 2.34. The van der Waals surface area contributed by atoms with Crippen LogP contribution in [0.5, 0.6) is 0 Å². The molecular formula is C22H22N6O. The van der Waals surface area contributed by atoms with E-state index in [4.69, 9.17) is 10.7 Å². The molecule has 4 N–H and O–H groups in total. The molecule has 0 saturated heterocycles. The number of para-hydroxylation sites is 1. The number of aromatic nitrogens is 5. The fraction of sp³-hybridized carbons (Fsp3) is 0.227. The molecule has 0 unspecified atom stereocenters. The van der Waals surface area contributed by atoms with Crippen molar-refractivity contribution >= 4 is 33.0 Å². The van der Waals surface area contributed by atoms with E-state index in [9.17, 15) is 4.79 Å². The summed E-state index contributed by atoms with van der Waals surface area (Å²) in [6, 6.07) is 12.0. The van der Waals surface area contributed by atoms with Gasteiger partial charge in [0.05, 0.1) is 28.4 Å². The number of benzene rings is 2. The Morgan fingerprint density at radius 3 is 2.79 bits per heavy atom. The van der Waals surface area contributed by atoms with E-state index in [0.29, 0.717) is 17.8 Å². The minimum atomic E-state index is -0.191. The summed E-state index contributed by atoms with van der Waals surface area (Å²) >= 11 is 0. The quantitative estimate of drug-likeness (QED) is 0.431. The van der Waals surface area contributed by atoms with Crippen LogP contribution in [0, 0.1) is 0 Å². The standard InChI is InChI=1S/C22H22N6O/c1-2-18-20(13-6-3-4-7-19(13)28(18)9-5-8-23)21-22(29)27-17-11-15-14(24-12-25-15)10-16(17)26-21/h3-4,6-7,10-12H,2,5,8-9,23H2,1H3,(H,24,25)(H,27,29). The van der Waals surface area contributed by atoms with Crippen molar-refractivity contribution in [1.82, 2.24) is 24.5 Å². The van der Waals surface area contributed by atoms with Crippen LogP contribution >= 0.6 is 0 Å². The predicted octanol–water partition coefficient (Wildman–Crippen LogP) is 3.33. The summed E-state index contributed by atoms with van der Waals surface area (Å²) in [6.45, 7) is 3.56. The molecule has 3 aromatic heterocycles. The third kappa shape index (κ3) is 2.74. The lowest BCUT2D eigenvalue weighted by atomic mass is 10.1. The second kappa shape index (κ2) is 6.86. The molecule has 5 rings (SSSR count). The van der Waals surface area contributed by atoms with Crippen LogP contribution in [0.15, 0.2) is 47.5 Å². The van der Waals surface area contributed by atoms with Gasteiger partial charge in [-0.3, -0.25) is 4.79 Å². The number of nitrogens with one attached hydrogen (secondary N) is 2. The molecule has 7 nitrogen and oxygen atoms in total. The summed E-state index contributed by atoms with van der Waals surface area (Å²) in [4.78, 5) is 28.2. The fourth-order valence-corrected chi connectivity index (χ4v) is 4.18. The van der Waals surface area contributed by atoms with Gasteiger partial charge in [0.2, 0.25) is 0 Å². The number of aryl methyl sites for hydroxylation is 1. The van der Waals surface area contributed by atoms with E-state index in [1.54, 1.807) is 6.33 Å². The van der Waals surface area contributed by atoms with Gasteiger partial charge in [0.15, 0.2) is 0 Å². The maximum Gasteiger partial charge on any atom is 0.275 e. The number of rotatable bonds is 5. The first-order valence-corrected chi connectivity index (χ1v) is 9.89. The van der Waals surface area contributed by atoms with Gasteiger partial charge in [-0.15, -0.1) is 0 Å². The number of hydrogen-bond acceptors (Lipinski definition) is 4. The minimum absolute atomic E-state index is 0.191. The van der Waals surface area contributed by atoms with Crippen LogP contribution in [-0.4, -0.2) is 31.0 Å². The van der Waals surface area contributed by atoms with Crippen molar-refractivity contribution in [1.29, 1.82) is 0 Å². The van der Waals surface area contributed by atoms with Crippen molar-refractivity contribution in [3.8, 4) is 11.3 Å². The molecule has 0 atom stereocenters. The zero-order valence-corrected chi connectivity index (χ0v) is 16.2. The highest BCUT2D eigenvalue weighted by molar-refractivity contribution is 5.98. The molecule has 5 aromatic rings. The van der Waals surface area contributed by atoms with Crippen molar-refractivity contribution in [2.45, 2.75) is 26.3 Å². The number of imidazole rings is 1. The lowest BCUT2D eigenvalue weighted by Crippen LogP contribution is -2.13. The lowest BCUT2D eigenvalue weighted by Gasteiger charge is -2.10. The van der Waals surface area contributed by atoms with Crippen LogP contribution in [0.25, 0.3) is 44.2 Å². The Bertz CT molecular complexity index is 1410. The molecule has 7 heteroatoms. The maximum atomic E-state index is 13.1. The molecule has 0 saturated carbocycles. The molecule has 0 spiro atoms. The Morgan fingerprint density at radius 2 is 1.97 bits per heavy atom. The first-order chi connectivity index (χ1) is 14.2. The summed E-state index contributed by atoms with van der Waals surface area (Å²) < 4.78 is 2.28. The topological polar surface area (TPSA) is 105 Å². The summed E-state index contributed by atoms with van der Waals surface area (Å²) in [5, 5.41) is 1.04. The first kappa shape index (κ1) is 17.6. The molecule has 146 valence electrons. The molecule has 0 aliphatic carbocycles. The molecule has 0 fully saturated rings. The molecule has 29 heavy (non-hydrogen) atoms. The summed E-state index contributed by atoms with van der Waals surface area (Å²) in [5.41, 5.74) is 12.3. The Kier molecular flexibility index (Phi) is 4.17. The smallest absolute Gasteiger partial charge is 0.275 e. The van der Waals surface area contributed by atoms with E-state index in [-0.39, 0.29) is 5.56 Å². The van der Waals surface area contributed by atoms with Crippen molar-refractivity contribution in [2.24, 2.45) is 5.73 Å². The van der Waals surface area contributed by atoms with Crippen LogP contribution in [0.1, 0.15) is 19.0 Å². The number of H-pyrrole nitrogens is 2. The van der Waals surface area contributed by atoms with Gasteiger partial charge in [0.1, 0.15) is 5.69 Å². The van der Waals surface area contributed by atoms with Crippen molar-refractivity contribution in [3.63, 3.8) is 0 Å². The summed E-state index contributed by atoms with van der Waals surface area (Å²) in [5.74, 6) is 0. The van der Waals surface area contributed by atoms with E-state index in [1.165, 1.54) is 0 Å². The van der Waals surface area contributed by atoms with Gasteiger partial charge < -0.3 is 20.3 Å². The summed E-state index contributed by atoms with van der Waals surface area (Å²) in [7, 11) is 0. The maximum absolute atomic E-state index is 13.1. The molecule has 2 aromatic carbocycles. The van der Waals surface area contributed by atoms with Gasteiger partial charge in [0.25, 0.3) is 5.56 Å². The number of fused-ring (bicyclic) bond motifs is 3. The van der Waals surface area contributed by atoms with Crippen molar-refractivity contribution in [2.75, 3.05) is 6.54 Å². The number of nitrogens with two attached hydrogens (primary N) is 1. The predicted molar refractivity (Wildman–Crippen MR) is 116 cm³/mol. The Labute approximate surface area is 166 Å². The average molecular weight is 386 g/mol. The van der Waals surface area contributed by atoms with Crippen LogP contribution in [0.3, 0.4) is 0 Å². The highest BCUT2D eigenvalue weighted by atomic mass is 16.1. The van der Waals surface area contributed by atoms with Gasteiger partial charge in [-0.25, -0.2) is 9.97 Å². The van der Waals surface area contributed by atoms with Crippen LogP contribution in [0.2, 0.25) is 0 Å². The molecule has 0 aliphatic heterocycles. The van der Waals surface area contributed by atoms with Crippen LogP contribution in [0.4, 0.5) is 0 Å². The number of aromatic amines is 2. The molecule has 0 aliphatic rings. The third-order valence-electron chi connectivity index (χ3n) is 5.47. The van der Waals surface area contributed by atoms with Crippen LogP contribution in [-0.2, 0) is 13.0 Å². The Hall–Kier alpha value is -3.45. The molecular weight excluding hydrogens is 364 g/mol. The minimum Gasteiger partial charge on any atom is -0.345 e. The average Bonchev–Trinajstić information content (AvgIpc) is 3.31. The van der Waals surface area contributed by atoms with Gasteiger partial charge in [-0.05, 0) is 37.6 Å². The Morgan fingerprint density at radius 1 is 1.14 bits per heavy atom. The van der Waals surface area contributed by atoms with E-state index in [1.807, 2.05) is 24.3 Å². The molecule has 0 radical (unpaired) electrons. The van der Waals surface area contributed by atoms with Gasteiger partial charge >= 0.3 is 0 Å². The zero-order valence-electron chi connectivity index (χ0n) is 16.2. The Balaban J connectivity index is 1.82.